The molecule has 0 saturated heterocycles. The fourth-order valence-corrected chi connectivity index (χ4v) is 1.02. The first kappa shape index (κ1) is 8.76. The van der Waals surface area contributed by atoms with Crippen molar-refractivity contribution in [1.29, 1.82) is 0 Å². The molecular weight excluding hydrogens is 128 g/mol. The maximum Gasteiger partial charge on any atom is 0.224 e. The van der Waals surface area contributed by atoms with Gasteiger partial charge in [0, 0.05) is 0 Å². The maximum atomic E-state index is 5.35. The van der Waals surface area contributed by atoms with Crippen LogP contribution in [0.2, 0.25) is 5.04 Å². The van der Waals surface area contributed by atoms with E-state index in [1.54, 1.807) is 0 Å². The fourth-order valence-electron chi connectivity index (χ4n) is 0.340. The lowest BCUT2D eigenvalue weighted by Gasteiger charge is -2.17. The van der Waals surface area contributed by atoms with Crippen LogP contribution in [0.15, 0.2) is 12.3 Å². The predicted molar refractivity (Wildman–Crippen MR) is 44.2 cm³/mol. The topological polar surface area (TPSA) is 9.23 Å². The van der Waals surface area contributed by atoms with Crippen molar-refractivity contribution in [2.24, 2.45) is 0 Å². The Morgan fingerprint density at radius 1 is 1.44 bits per heavy atom. The third-order valence-electron chi connectivity index (χ3n) is 0.752. The van der Waals surface area contributed by atoms with Gasteiger partial charge in [0.05, 0.1) is 5.76 Å². The molecule has 0 fully saturated rings. The molecule has 0 aromatic carbocycles. The molecule has 2 heteroatoms. The number of hydrogen-bond acceptors (Lipinski definition) is 1. The molecule has 0 N–H and O–H groups in total. The average Bonchev–Trinajstić information content (AvgIpc) is 1.59. The Hall–Kier alpha value is -0.243. The van der Waals surface area contributed by atoms with Crippen molar-refractivity contribution in [2.75, 3.05) is 0 Å². The van der Waals surface area contributed by atoms with Crippen LogP contribution in [0.5, 0.6) is 0 Å². The summed E-state index contributed by atoms with van der Waals surface area (Å²) in [7, 11) is -0.397. The van der Waals surface area contributed by atoms with E-state index >= 15 is 0 Å². The van der Waals surface area contributed by atoms with E-state index in [4.69, 9.17) is 4.43 Å². The molecule has 0 spiro atoms. The highest BCUT2D eigenvalue weighted by molar-refractivity contribution is 6.32. The average molecular weight is 144 g/mol. The molecule has 0 saturated carbocycles. The van der Waals surface area contributed by atoms with Crippen molar-refractivity contribution in [1.82, 2.24) is 0 Å². The highest BCUT2D eigenvalue weighted by Crippen LogP contribution is 2.20. The number of hydrogen-bond donors (Lipinski definition) is 0. The van der Waals surface area contributed by atoms with Gasteiger partial charge in [-0.25, -0.2) is 0 Å². The zero-order valence-electron chi connectivity index (χ0n) is 6.82. The lowest BCUT2D eigenvalue weighted by Crippen LogP contribution is -2.10. The minimum Gasteiger partial charge on any atom is -0.552 e. The normalized spacial score (nSPS) is 12.4. The van der Waals surface area contributed by atoms with Crippen LogP contribution in [0.3, 0.4) is 0 Å². The van der Waals surface area contributed by atoms with Crippen LogP contribution in [0.1, 0.15) is 27.7 Å². The number of rotatable bonds is 2. The van der Waals surface area contributed by atoms with Crippen LogP contribution < -0.4 is 0 Å². The Bertz CT molecular complexity index is 102. The minimum absolute atomic E-state index is 0.388. The molecule has 1 nitrogen and oxygen atoms in total. The fraction of sp³-hybridized carbons (Fsp3) is 0.714. The third kappa shape index (κ3) is 7.76. The summed E-state index contributed by atoms with van der Waals surface area (Å²) in [4.78, 5) is 0. The summed E-state index contributed by atoms with van der Waals surface area (Å²) < 4.78 is 5.35. The molecular formula is C7H16OSi. The quantitative estimate of drug-likeness (QED) is 0.424. The lowest BCUT2D eigenvalue weighted by molar-refractivity contribution is 0.431. The van der Waals surface area contributed by atoms with Gasteiger partial charge in [0.2, 0.25) is 9.76 Å². The van der Waals surface area contributed by atoms with Crippen LogP contribution in [0.4, 0.5) is 0 Å². The molecule has 9 heavy (non-hydrogen) atoms. The van der Waals surface area contributed by atoms with E-state index in [0.717, 1.165) is 5.76 Å². The molecule has 0 aromatic rings. The minimum atomic E-state index is -0.397. The van der Waals surface area contributed by atoms with Gasteiger partial charge in [0.25, 0.3) is 0 Å². The molecule has 0 aliphatic carbocycles. The van der Waals surface area contributed by atoms with Crippen LogP contribution in [0.25, 0.3) is 0 Å². The largest absolute Gasteiger partial charge is 0.552 e. The zero-order chi connectivity index (χ0) is 7.49. The lowest BCUT2D eigenvalue weighted by atomic mass is 10.3. The second-order valence-electron chi connectivity index (χ2n) is 3.55. The first-order chi connectivity index (χ1) is 3.92. The number of allylic oxidation sites excluding steroid dienone is 1. The van der Waals surface area contributed by atoms with E-state index in [1.807, 2.05) is 6.92 Å². The Labute approximate surface area is 60.1 Å². The summed E-state index contributed by atoms with van der Waals surface area (Å²) in [5, 5.41) is 0.388. The van der Waals surface area contributed by atoms with E-state index in [9.17, 15) is 0 Å². The van der Waals surface area contributed by atoms with Gasteiger partial charge in [-0.1, -0.05) is 27.4 Å². The summed E-state index contributed by atoms with van der Waals surface area (Å²) in [5.74, 6) is 0.858. The molecule has 0 rings (SSSR count). The molecule has 54 valence electrons. The molecule has 0 heterocycles. The SMILES string of the molecule is C=C(C)O[SiH2]C(C)(C)C. The van der Waals surface area contributed by atoms with E-state index in [1.165, 1.54) is 0 Å². The molecule has 0 aliphatic heterocycles. The van der Waals surface area contributed by atoms with Gasteiger partial charge < -0.3 is 4.43 Å². The van der Waals surface area contributed by atoms with E-state index in [-0.39, 0.29) is 0 Å². The van der Waals surface area contributed by atoms with Gasteiger partial charge in [0.1, 0.15) is 0 Å². The van der Waals surface area contributed by atoms with Crippen LogP contribution in [0, 0.1) is 0 Å². The molecule has 0 aliphatic rings. The first-order valence-corrected chi connectivity index (χ1v) is 4.48. The summed E-state index contributed by atoms with van der Waals surface area (Å²) in [5.41, 5.74) is 0. The van der Waals surface area contributed by atoms with Crippen molar-refractivity contribution >= 4 is 9.76 Å². The highest BCUT2D eigenvalue weighted by atomic mass is 28.2. The van der Waals surface area contributed by atoms with E-state index in [2.05, 4.69) is 27.4 Å². The molecule has 0 unspecified atom stereocenters. The summed E-state index contributed by atoms with van der Waals surface area (Å²) in [6.07, 6.45) is 0. The van der Waals surface area contributed by atoms with Crippen molar-refractivity contribution in [2.45, 2.75) is 32.7 Å². The van der Waals surface area contributed by atoms with E-state index < -0.39 is 9.76 Å². The standard InChI is InChI=1S/C7H16OSi/c1-6(2)8-9-7(3,4)5/h1,9H2,2-5H3. The first-order valence-electron chi connectivity index (χ1n) is 3.20. The predicted octanol–water partition coefficient (Wildman–Crippen LogP) is 1.84. The molecule has 0 amide bonds. The molecule has 0 atom stereocenters. The van der Waals surface area contributed by atoms with Gasteiger partial charge in [-0.2, -0.15) is 0 Å². The molecule has 0 bridgehead atoms. The summed E-state index contributed by atoms with van der Waals surface area (Å²) in [6, 6.07) is 0. The Morgan fingerprint density at radius 3 is 2.00 bits per heavy atom. The maximum absolute atomic E-state index is 5.35. The highest BCUT2D eigenvalue weighted by Gasteiger charge is 2.11. The van der Waals surface area contributed by atoms with Gasteiger partial charge in [-0.05, 0) is 12.0 Å². The second kappa shape index (κ2) is 3.06. The summed E-state index contributed by atoms with van der Waals surface area (Å²) >= 11 is 0. The van der Waals surface area contributed by atoms with Gasteiger partial charge in [0.15, 0.2) is 0 Å². The Kier molecular flexibility index (Phi) is 2.98. The molecule has 0 radical (unpaired) electrons. The molecule has 0 aromatic heterocycles. The van der Waals surface area contributed by atoms with Gasteiger partial charge >= 0.3 is 0 Å². The Balaban J connectivity index is 3.39. The third-order valence-corrected chi connectivity index (χ3v) is 2.25. The van der Waals surface area contributed by atoms with Gasteiger partial charge in [-0.15, -0.1) is 0 Å². The smallest absolute Gasteiger partial charge is 0.224 e. The Morgan fingerprint density at radius 2 is 1.89 bits per heavy atom. The summed E-state index contributed by atoms with van der Waals surface area (Å²) in [6.45, 7) is 12.2. The van der Waals surface area contributed by atoms with Crippen molar-refractivity contribution in [3.05, 3.63) is 12.3 Å². The second-order valence-corrected chi connectivity index (χ2v) is 6.25. The van der Waals surface area contributed by atoms with Crippen LogP contribution >= 0.6 is 0 Å². The van der Waals surface area contributed by atoms with Crippen molar-refractivity contribution < 1.29 is 4.43 Å². The van der Waals surface area contributed by atoms with Crippen LogP contribution in [-0.2, 0) is 4.43 Å². The zero-order valence-corrected chi connectivity index (χ0v) is 8.24. The van der Waals surface area contributed by atoms with Crippen molar-refractivity contribution in [3.63, 3.8) is 0 Å². The van der Waals surface area contributed by atoms with E-state index in [0.29, 0.717) is 5.04 Å². The van der Waals surface area contributed by atoms with Crippen LogP contribution in [-0.4, -0.2) is 9.76 Å². The monoisotopic (exact) mass is 144 g/mol. The van der Waals surface area contributed by atoms with Gasteiger partial charge in [-0.3, -0.25) is 0 Å². The van der Waals surface area contributed by atoms with Crippen molar-refractivity contribution in [3.8, 4) is 0 Å².